The summed E-state index contributed by atoms with van der Waals surface area (Å²) in [4.78, 5) is 15.3. The standard InChI is InChI=1S/C17H11FN2O4/c18-11-5-9(17(19)21)1-2-14(11)24-13-3-4-20-12-7-16-15(6-10(12)13)22-8-23-16/h1-7H,8H2,(H2,19,21). The fourth-order valence-corrected chi connectivity index (χ4v) is 2.45. The highest BCUT2D eigenvalue weighted by atomic mass is 19.1. The first-order chi connectivity index (χ1) is 11.6. The molecule has 1 aromatic heterocycles. The number of nitrogens with two attached hydrogens (primary N) is 1. The number of fused-ring (bicyclic) bond motifs is 2. The summed E-state index contributed by atoms with van der Waals surface area (Å²) in [5.41, 5.74) is 5.83. The van der Waals surface area contributed by atoms with Gasteiger partial charge in [0.25, 0.3) is 0 Å². The molecule has 1 aliphatic heterocycles. The highest BCUT2D eigenvalue weighted by Gasteiger charge is 2.17. The van der Waals surface area contributed by atoms with Gasteiger partial charge in [-0.05, 0) is 30.3 Å². The summed E-state index contributed by atoms with van der Waals surface area (Å²) >= 11 is 0. The Kier molecular flexibility index (Phi) is 3.19. The van der Waals surface area contributed by atoms with Gasteiger partial charge < -0.3 is 19.9 Å². The van der Waals surface area contributed by atoms with Crippen molar-refractivity contribution in [2.75, 3.05) is 6.79 Å². The molecular formula is C17H11FN2O4. The number of hydrogen-bond donors (Lipinski definition) is 1. The van der Waals surface area contributed by atoms with Gasteiger partial charge in [-0.25, -0.2) is 4.39 Å². The first-order valence-electron chi connectivity index (χ1n) is 7.07. The number of rotatable bonds is 3. The molecule has 24 heavy (non-hydrogen) atoms. The SMILES string of the molecule is NC(=O)c1ccc(Oc2ccnc3cc4c(cc23)OCO4)c(F)c1. The molecule has 2 N–H and O–H groups in total. The van der Waals surface area contributed by atoms with Crippen LogP contribution in [0.4, 0.5) is 4.39 Å². The summed E-state index contributed by atoms with van der Waals surface area (Å²) in [7, 11) is 0. The number of ether oxygens (including phenoxy) is 3. The molecule has 1 amide bonds. The highest BCUT2D eigenvalue weighted by molar-refractivity contribution is 5.93. The molecule has 0 unspecified atom stereocenters. The van der Waals surface area contributed by atoms with Crippen LogP contribution in [0.5, 0.6) is 23.0 Å². The molecule has 0 aliphatic carbocycles. The van der Waals surface area contributed by atoms with E-state index in [-0.39, 0.29) is 18.1 Å². The van der Waals surface area contributed by atoms with E-state index in [2.05, 4.69) is 4.98 Å². The lowest BCUT2D eigenvalue weighted by atomic mass is 10.1. The van der Waals surface area contributed by atoms with E-state index < -0.39 is 11.7 Å². The zero-order valence-corrected chi connectivity index (χ0v) is 12.3. The summed E-state index contributed by atoms with van der Waals surface area (Å²) in [6, 6.07) is 8.88. The Morgan fingerprint density at radius 2 is 1.92 bits per heavy atom. The van der Waals surface area contributed by atoms with Gasteiger partial charge in [0.05, 0.1) is 5.52 Å². The number of hydrogen-bond acceptors (Lipinski definition) is 5. The number of carbonyl (C=O) groups excluding carboxylic acids is 1. The molecule has 0 bridgehead atoms. The molecule has 0 fully saturated rings. The Morgan fingerprint density at radius 3 is 2.67 bits per heavy atom. The molecule has 0 saturated heterocycles. The molecule has 1 aliphatic rings. The summed E-state index contributed by atoms with van der Waals surface area (Å²) in [6.45, 7) is 0.144. The fourth-order valence-electron chi connectivity index (χ4n) is 2.45. The lowest BCUT2D eigenvalue weighted by molar-refractivity contribution is 0.1000. The zero-order chi connectivity index (χ0) is 16.7. The molecule has 120 valence electrons. The zero-order valence-electron chi connectivity index (χ0n) is 12.3. The average Bonchev–Trinajstić information content (AvgIpc) is 3.02. The molecule has 3 aromatic rings. The number of pyridine rings is 1. The molecule has 0 radical (unpaired) electrons. The van der Waals surface area contributed by atoms with Crippen LogP contribution in [0.2, 0.25) is 0 Å². The topological polar surface area (TPSA) is 83.7 Å². The molecule has 0 spiro atoms. The third-order valence-corrected chi connectivity index (χ3v) is 3.63. The van der Waals surface area contributed by atoms with Crippen LogP contribution in [0.1, 0.15) is 10.4 Å². The van der Waals surface area contributed by atoms with Gasteiger partial charge in [-0.1, -0.05) is 0 Å². The van der Waals surface area contributed by atoms with Crippen LogP contribution in [-0.2, 0) is 0 Å². The minimum atomic E-state index is -0.706. The minimum absolute atomic E-state index is 0.0230. The van der Waals surface area contributed by atoms with E-state index in [1.807, 2.05) is 0 Å². The van der Waals surface area contributed by atoms with Gasteiger partial charge in [0.15, 0.2) is 23.1 Å². The van der Waals surface area contributed by atoms with Crippen molar-refractivity contribution in [2.24, 2.45) is 5.73 Å². The summed E-state index contributed by atoms with van der Waals surface area (Å²) in [5.74, 6) is 0.169. The quantitative estimate of drug-likeness (QED) is 0.800. The predicted molar refractivity (Wildman–Crippen MR) is 82.9 cm³/mol. The van der Waals surface area contributed by atoms with Crippen LogP contribution in [0.3, 0.4) is 0 Å². The van der Waals surface area contributed by atoms with Crippen molar-refractivity contribution in [2.45, 2.75) is 0 Å². The summed E-state index contributed by atoms with van der Waals surface area (Å²) in [6.07, 6.45) is 1.55. The summed E-state index contributed by atoms with van der Waals surface area (Å²) < 4.78 is 30.4. The van der Waals surface area contributed by atoms with Crippen molar-refractivity contribution < 1.29 is 23.4 Å². The van der Waals surface area contributed by atoms with E-state index in [0.717, 1.165) is 6.07 Å². The molecular weight excluding hydrogens is 315 g/mol. The Labute approximate surface area is 135 Å². The average molecular weight is 326 g/mol. The molecule has 0 atom stereocenters. The van der Waals surface area contributed by atoms with E-state index in [1.165, 1.54) is 12.1 Å². The first kappa shape index (κ1) is 14.3. The van der Waals surface area contributed by atoms with Crippen LogP contribution in [0.25, 0.3) is 10.9 Å². The maximum atomic E-state index is 14.1. The Balaban J connectivity index is 1.76. The Hall–Kier alpha value is -3.35. The van der Waals surface area contributed by atoms with Gasteiger partial charge in [-0.2, -0.15) is 0 Å². The van der Waals surface area contributed by atoms with Crippen LogP contribution < -0.4 is 19.9 Å². The molecule has 4 rings (SSSR count). The second-order valence-electron chi connectivity index (χ2n) is 5.14. The smallest absolute Gasteiger partial charge is 0.248 e. The van der Waals surface area contributed by atoms with Crippen LogP contribution >= 0.6 is 0 Å². The number of halogens is 1. The van der Waals surface area contributed by atoms with Crippen molar-refractivity contribution in [1.29, 1.82) is 0 Å². The minimum Gasteiger partial charge on any atom is -0.454 e. The van der Waals surface area contributed by atoms with Crippen LogP contribution in [0.15, 0.2) is 42.6 Å². The van der Waals surface area contributed by atoms with Gasteiger partial charge in [0.2, 0.25) is 12.7 Å². The predicted octanol–water partition coefficient (Wildman–Crippen LogP) is 2.99. The number of benzene rings is 2. The molecule has 2 aromatic carbocycles. The third kappa shape index (κ3) is 2.36. The lowest BCUT2D eigenvalue weighted by Crippen LogP contribution is -2.11. The van der Waals surface area contributed by atoms with Gasteiger partial charge in [0, 0.05) is 23.2 Å². The maximum Gasteiger partial charge on any atom is 0.248 e. The second kappa shape index (κ2) is 5.38. The maximum absolute atomic E-state index is 14.1. The number of carbonyl (C=O) groups is 1. The van der Waals surface area contributed by atoms with Gasteiger partial charge in [-0.3, -0.25) is 9.78 Å². The number of aromatic nitrogens is 1. The molecule has 0 saturated carbocycles. The summed E-state index contributed by atoms with van der Waals surface area (Å²) in [5, 5.41) is 0.653. The van der Waals surface area contributed by atoms with Crippen molar-refractivity contribution in [3.63, 3.8) is 0 Å². The normalized spacial score (nSPS) is 12.4. The number of nitrogens with zero attached hydrogens (tertiary/aromatic N) is 1. The molecule has 2 heterocycles. The van der Waals surface area contributed by atoms with Crippen molar-refractivity contribution in [3.05, 3.63) is 54.0 Å². The van der Waals surface area contributed by atoms with Crippen molar-refractivity contribution in [3.8, 4) is 23.0 Å². The largest absolute Gasteiger partial charge is 0.454 e. The van der Waals surface area contributed by atoms with E-state index in [1.54, 1.807) is 24.4 Å². The molecule has 7 heteroatoms. The Morgan fingerprint density at radius 1 is 1.12 bits per heavy atom. The first-order valence-corrected chi connectivity index (χ1v) is 7.07. The van der Waals surface area contributed by atoms with Gasteiger partial charge in [0.1, 0.15) is 5.75 Å². The highest BCUT2D eigenvalue weighted by Crippen LogP contribution is 2.39. The van der Waals surface area contributed by atoms with E-state index in [9.17, 15) is 9.18 Å². The van der Waals surface area contributed by atoms with Gasteiger partial charge >= 0.3 is 0 Å². The van der Waals surface area contributed by atoms with Crippen LogP contribution in [-0.4, -0.2) is 17.7 Å². The van der Waals surface area contributed by atoms with E-state index in [4.69, 9.17) is 19.9 Å². The molecule has 6 nitrogen and oxygen atoms in total. The Bertz CT molecular complexity index is 974. The van der Waals surface area contributed by atoms with Crippen molar-refractivity contribution >= 4 is 16.8 Å². The number of amides is 1. The van der Waals surface area contributed by atoms with Gasteiger partial charge in [-0.15, -0.1) is 0 Å². The monoisotopic (exact) mass is 326 g/mol. The third-order valence-electron chi connectivity index (χ3n) is 3.63. The second-order valence-corrected chi connectivity index (χ2v) is 5.14. The lowest BCUT2D eigenvalue weighted by Gasteiger charge is -2.10. The number of primary amides is 1. The van der Waals surface area contributed by atoms with E-state index >= 15 is 0 Å². The van der Waals surface area contributed by atoms with Crippen LogP contribution in [0, 0.1) is 5.82 Å². The van der Waals surface area contributed by atoms with E-state index in [0.29, 0.717) is 28.2 Å². The van der Waals surface area contributed by atoms with Crippen molar-refractivity contribution in [1.82, 2.24) is 4.98 Å². The fraction of sp³-hybridized carbons (Fsp3) is 0.0588.